The van der Waals surface area contributed by atoms with Gasteiger partial charge in [0, 0.05) is 38.9 Å². The van der Waals surface area contributed by atoms with Crippen molar-refractivity contribution in [3.8, 4) is 0 Å². The number of piperazine rings is 1. The predicted molar refractivity (Wildman–Crippen MR) is 108 cm³/mol. The number of carbonyl (C=O) groups excluding carboxylic acids is 2. The van der Waals surface area contributed by atoms with E-state index in [0.717, 1.165) is 6.07 Å². The summed E-state index contributed by atoms with van der Waals surface area (Å²) in [4.78, 5) is 44.4. The van der Waals surface area contributed by atoms with E-state index in [2.05, 4.69) is 4.98 Å². The van der Waals surface area contributed by atoms with Crippen molar-refractivity contribution in [3.63, 3.8) is 0 Å². The van der Waals surface area contributed by atoms with Crippen LogP contribution < -0.4 is 10.3 Å². The van der Waals surface area contributed by atoms with E-state index in [0.29, 0.717) is 45.0 Å². The van der Waals surface area contributed by atoms with Gasteiger partial charge in [-0.2, -0.15) is 0 Å². The molecular formula is C20H25FN4O5. The number of halogens is 1. The van der Waals surface area contributed by atoms with Crippen LogP contribution in [0, 0.1) is 5.82 Å². The average Bonchev–Trinajstić information content (AvgIpc) is 2.74. The zero-order valence-corrected chi connectivity index (χ0v) is 17.3. The molecule has 10 heteroatoms. The molecule has 162 valence electrons. The summed E-state index contributed by atoms with van der Waals surface area (Å²) in [5.74, 6) is -1.30. The Labute approximate surface area is 173 Å². The minimum absolute atomic E-state index is 0.0220. The van der Waals surface area contributed by atoms with Gasteiger partial charge < -0.3 is 23.8 Å². The second-order valence-electron chi connectivity index (χ2n) is 6.72. The molecule has 2 aromatic rings. The summed E-state index contributed by atoms with van der Waals surface area (Å²) in [6, 6.07) is 1.12. The molecular weight excluding hydrogens is 395 g/mol. The van der Waals surface area contributed by atoms with Crippen molar-refractivity contribution in [3.05, 3.63) is 33.9 Å². The quantitative estimate of drug-likeness (QED) is 0.683. The summed E-state index contributed by atoms with van der Waals surface area (Å²) in [5, 5.41) is 0.0220. The lowest BCUT2D eigenvalue weighted by Gasteiger charge is -2.34. The third-order valence-electron chi connectivity index (χ3n) is 4.92. The number of ether oxygens (including phenoxy) is 2. The molecule has 0 aromatic carbocycles. The summed E-state index contributed by atoms with van der Waals surface area (Å²) in [6.45, 7) is 7.58. The smallest absolute Gasteiger partial charge is 0.409 e. The maximum Gasteiger partial charge on any atom is 0.409 e. The summed E-state index contributed by atoms with van der Waals surface area (Å²) in [6.07, 6.45) is 1.01. The average molecular weight is 420 g/mol. The molecule has 0 atom stereocenters. The van der Waals surface area contributed by atoms with Crippen LogP contribution in [0.2, 0.25) is 0 Å². The third kappa shape index (κ3) is 4.07. The van der Waals surface area contributed by atoms with Crippen molar-refractivity contribution < 1.29 is 23.5 Å². The molecule has 1 aliphatic rings. The van der Waals surface area contributed by atoms with Crippen LogP contribution in [0.25, 0.3) is 11.0 Å². The summed E-state index contributed by atoms with van der Waals surface area (Å²) < 4.78 is 26.5. The van der Waals surface area contributed by atoms with E-state index in [1.165, 1.54) is 6.20 Å². The maximum absolute atomic E-state index is 14.9. The van der Waals surface area contributed by atoms with Gasteiger partial charge in [-0.3, -0.25) is 4.79 Å². The Kier molecular flexibility index (Phi) is 6.53. The first-order valence-corrected chi connectivity index (χ1v) is 9.98. The molecule has 30 heavy (non-hydrogen) atoms. The number of carbonyl (C=O) groups is 2. The first kappa shape index (κ1) is 21.5. The maximum atomic E-state index is 14.9. The summed E-state index contributed by atoms with van der Waals surface area (Å²) >= 11 is 0. The Morgan fingerprint density at radius 2 is 1.77 bits per heavy atom. The Morgan fingerprint density at radius 1 is 1.10 bits per heavy atom. The van der Waals surface area contributed by atoms with Crippen molar-refractivity contribution >= 4 is 28.9 Å². The SMILES string of the molecule is CCOC(=O)c1cn(CC)c2nc(N3CCN(C(=O)OCC)CC3)c(F)cc2c1=O. The van der Waals surface area contributed by atoms with Gasteiger partial charge in [-0.05, 0) is 26.8 Å². The number of rotatable bonds is 5. The van der Waals surface area contributed by atoms with Gasteiger partial charge in [-0.15, -0.1) is 0 Å². The highest BCUT2D eigenvalue weighted by molar-refractivity contribution is 5.93. The number of amides is 1. The number of nitrogens with zero attached hydrogens (tertiary/aromatic N) is 4. The van der Waals surface area contributed by atoms with E-state index in [1.807, 2.05) is 6.92 Å². The van der Waals surface area contributed by atoms with E-state index < -0.39 is 23.3 Å². The molecule has 1 amide bonds. The molecule has 0 N–H and O–H groups in total. The van der Waals surface area contributed by atoms with Gasteiger partial charge in [0.15, 0.2) is 11.6 Å². The van der Waals surface area contributed by atoms with Crippen LogP contribution in [-0.2, 0) is 16.0 Å². The summed E-state index contributed by atoms with van der Waals surface area (Å²) in [7, 11) is 0. The highest BCUT2D eigenvalue weighted by Crippen LogP contribution is 2.23. The highest BCUT2D eigenvalue weighted by Gasteiger charge is 2.26. The van der Waals surface area contributed by atoms with Crippen molar-refractivity contribution in [1.82, 2.24) is 14.5 Å². The van der Waals surface area contributed by atoms with E-state index in [-0.39, 0.29) is 23.4 Å². The van der Waals surface area contributed by atoms with Gasteiger partial charge in [-0.25, -0.2) is 19.0 Å². The second kappa shape index (κ2) is 9.10. The lowest BCUT2D eigenvalue weighted by molar-refractivity contribution is 0.0524. The number of hydrogen-bond donors (Lipinski definition) is 0. The zero-order chi connectivity index (χ0) is 21.8. The number of esters is 1. The van der Waals surface area contributed by atoms with Crippen LogP contribution in [0.15, 0.2) is 17.1 Å². The summed E-state index contributed by atoms with van der Waals surface area (Å²) in [5.41, 5.74) is -0.471. The number of hydrogen-bond acceptors (Lipinski definition) is 7. The molecule has 0 spiro atoms. The van der Waals surface area contributed by atoms with Gasteiger partial charge >= 0.3 is 12.1 Å². The second-order valence-corrected chi connectivity index (χ2v) is 6.72. The van der Waals surface area contributed by atoms with Crippen molar-refractivity contribution in [1.29, 1.82) is 0 Å². The molecule has 0 aliphatic carbocycles. The Morgan fingerprint density at radius 3 is 2.37 bits per heavy atom. The van der Waals surface area contributed by atoms with Crippen LogP contribution in [0.4, 0.5) is 15.0 Å². The minimum Gasteiger partial charge on any atom is -0.462 e. The number of pyridine rings is 2. The molecule has 0 saturated carbocycles. The fraction of sp³-hybridized carbons (Fsp3) is 0.500. The third-order valence-corrected chi connectivity index (χ3v) is 4.92. The molecule has 9 nitrogen and oxygen atoms in total. The van der Waals surface area contributed by atoms with Crippen LogP contribution in [0.3, 0.4) is 0 Å². The lowest BCUT2D eigenvalue weighted by atomic mass is 10.1. The van der Waals surface area contributed by atoms with Gasteiger partial charge in [-0.1, -0.05) is 0 Å². The van der Waals surface area contributed by atoms with Gasteiger partial charge in [0.1, 0.15) is 11.2 Å². The molecule has 0 bridgehead atoms. The molecule has 1 saturated heterocycles. The molecule has 0 unspecified atom stereocenters. The van der Waals surface area contributed by atoms with Crippen molar-refractivity contribution in [2.75, 3.05) is 44.3 Å². The van der Waals surface area contributed by atoms with E-state index in [9.17, 15) is 18.8 Å². The van der Waals surface area contributed by atoms with Gasteiger partial charge in [0.25, 0.3) is 0 Å². The van der Waals surface area contributed by atoms with Crippen molar-refractivity contribution in [2.24, 2.45) is 0 Å². The number of anilines is 1. The molecule has 2 aromatic heterocycles. The Hall–Kier alpha value is -3.17. The number of fused-ring (bicyclic) bond motifs is 1. The van der Waals surface area contributed by atoms with Crippen LogP contribution in [0.5, 0.6) is 0 Å². The first-order chi connectivity index (χ1) is 14.4. The number of aromatic nitrogens is 2. The number of aryl methyl sites for hydroxylation is 1. The van der Waals surface area contributed by atoms with Crippen LogP contribution >= 0.6 is 0 Å². The predicted octanol–water partition coefficient (Wildman–Crippen LogP) is 2.01. The topological polar surface area (TPSA) is 94.0 Å². The van der Waals surface area contributed by atoms with Gasteiger partial charge in [0.2, 0.25) is 5.43 Å². The standard InChI is InChI=1S/C20H25FN4O5/c1-4-23-12-14(19(27)29-5-2)16(26)13-11-15(21)18(22-17(13)23)24-7-9-25(10-8-24)20(28)30-6-3/h11-12H,4-10H2,1-3H3. The van der Waals surface area contributed by atoms with E-state index in [4.69, 9.17) is 9.47 Å². The van der Waals surface area contributed by atoms with Gasteiger partial charge in [0.05, 0.1) is 18.6 Å². The Balaban J connectivity index is 1.96. The fourth-order valence-corrected chi connectivity index (χ4v) is 3.41. The van der Waals surface area contributed by atoms with Crippen LogP contribution in [0.1, 0.15) is 31.1 Å². The zero-order valence-electron chi connectivity index (χ0n) is 17.3. The monoisotopic (exact) mass is 420 g/mol. The molecule has 3 heterocycles. The fourth-order valence-electron chi connectivity index (χ4n) is 3.41. The normalized spacial score (nSPS) is 14.1. The molecule has 3 rings (SSSR count). The minimum atomic E-state index is -0.744. The molecule has 0 radical (unpaired) electrons. The largest absolute Gasteiger partial charge is 0.462 e. The van der Waals surface area contributed by atoms with Crippen molar-refractivity contribution in [2.45, 2.75) is 27.3 Å². The lowest BCUT2D eigenvalue weighted by Crippen LogP contribution is -2.49. The van der Waals surface area contributed by atoms with Crippen LogP contribution in [-0.4, -0.2) is 65.9 Å². The molecule has 1 fully saturated rings. The van der Waals surface area contributed by atoms with E-state index >= 15 is 0 Å². The molecule has 1 aliphatic heterocycles. The first-order valence-electron chi connectivity index (χ1n) is 9.98. The highest BCUT2D eigenvalue weighted by atomic mass is 19.1. The Bertz CT molecular complexity index is 1010. The van der Waals surface area contributed by atoms with E-state index in [1.54, 1.807) is 28.2 Å².